The SMILES string of the molecule is CC1=C(C(=O)Nc2ccccn2)[C@H](c2ccc(C)cc2)C2=C(CC(C)(C)CC2=O)N1. The second kappa shape index (κ2) is 7.56. The standard InChI is InChI=1S/C25H27N3O2/c1-15-8-10-17(11-9-15)22-21(24(30)28-20-7-5-6-12-26-20)16(2)27-18-13-25(3,4)14-19(29)23(18)22/h5-12,22,27H,13-14H2,1-4H3,(H,26,28,30)/t22-/m0/s1. The van der Waals surface area contributed by atoms with Crippen molar-refractivity contribution < 1.29 is 9.59 Å². The van der Waals surface area contributed by atoms with Gasteiger partial charge in [-0.25, -0.2) is 4.98 Å². The maximum Gasteiger partial charge on any atom is 0.255 e. The van der Waals surface area contributed by atoms with Crippen LogP contribution in [0.25, 0.3) is 0 Å². The molecule has 30 heavy (non-hydrogen) atoms. The molecule has 5 nitrogen and oxygen atoms in total. The molecule has 0 saturated carbocycles. The Balaban J connectivity index is 1.81. The molecule has 0 bridgehead atoms. The number of amides is 1. The van der Waals surface area contributed by atoms with Gasteiger partial charge in [-0.1, -0.05) is 49.7 Å². The first-order chi connectivity index (χ1) is 14.2. The van der Waals surface area contributed by atoms with Crippen LogP contribution in [0.2, 0.25) is 0 Å². The summed E-state index contributed by atoms with van der Waals surface area (Å²) in [7, 11) is 0. The number of carbonyl (C=O) groups excluding carboxylic acids is 2. The number of hydrogen-bond acceptors (Lipinski definition) is 4. The van der Waals surface area contributed by atoms with Gasteiger partial charge in [-0.3, -0.25) is 9.59 Å². The van der Waals surface area contributed by atoms with Crippen LogP contribution in [0.4, 0.5) is 5.82 Å². The van der Waals surface area contributed by atoms with E-state index >= 15 is 0 Å². The lowest BCUT2D eigenvalue weighted by molar-refractivity contribution is -0.118. The zero-order valence-corrected chi connectivity index (χ0v) is 17.9. The number of dihydropyridines is 1. The van der Waals surface area contributed by atoms with Crippen molar-refractivity contribution in [3.8, 4) is 0 Å². The highest BCUT2D eigenvalue weighted by Gasteiger charge is 2.42. The summed E-state index contributed by atoms with van der Waals surface area (Å²) in [6.45, 7) is 8.16. The third-order valence-corrected chi connectivity index (χ3v) is 5.80. The van der Waals surface area contributed by atoms with Gasteiger partial charge in [-0.05, 0) is 43.4 Å². The van der Waals surface area contributed by atoms with Crippen molar-refractivity contribution in [2.24, 2.45) is 5.41 Å². The number of pyridine rings is 1. The van der Waals surface area contributed by atoms with E-state index in [9.17, 15) is 9.59 Å². The number of carbonyl (C=O) groups is 2. The quantitative estimate of drug-likeness (QED) is 0.786. The predicted octanol–water partition coefficient (Wildman–Crippen LogP) is 4.63. The number of benzene rings is 1. The number of ketones is 1. The van der Waals surface area contributed by atoms with Gasteiger partial charge in [0.1, 0.15) is 5.82 Å². The minimum atomic E-state index is -0.394. The topological polar surface area (TPSA) is 71.1 Å². The van der Waals surface area contributed by atoms with Gasteiger partial charge in [0.05, 0.1) is 0 Å². The van der Waals surface area contributed by atoms with Crippen LogP contribution in [-0.4, -0.2) is 16.7 Å². The average molecular weight is 402 g/mol. The maximum atomic E-state index is 13.4. The van der Waals surface area contributed by atoms with Crippen molar-refractivity contribution in [3.05, 3.63) is 82.3 Å². The van der Waals surface area contributed by atoms with Gasteiger partial charge >= 0.3 is 0 Å². The molecule has 154 valence electrons. The van der Waals surface area contributed by atoms with Gasteiger partial charge in [0.25, 0.3) is 5.91 Å². The van der Waals surface area contributed by atoms with Crippen LogP contribution in [0.15, 0.2) is 71.2 Å². The second-order valence-corrected chi connectivity index (χ2v) is 9.01. The van der Waals surface area contributed by atoms with E-state index in [1.165, 1.54) is 0 Å². The molecule has 2 N–H and O–H groups in total. The Morgan fingerprint density at radius 1 is 1.10 bits per heavy atom. The molecule has 1 atom stereocenters. The molecule has 2 aliphatic rings. The Kier molecular flexibility index (Phi) is 5.06. The van der Waals surface area contributed by atoms with Crippen molar-refractivity contribution in [1.82, 2.24) is 10.3 Å². The van der Waals surface area contributed by atoms with Crippen LogP contribution in [0.3, 0.4) is 0 Å². The van der Waals surface area contributed by atoms with E-state index < -0.39 is 5.92 Å². The highest BCUT2D eigenvalue weighted by Crippen LogP contribution is 2.46. The van der Waals surface area contributed by atoms with Crippen molar-refractivity contribution in [3.63, 3.8) is 0 Å². The number of Topliss-reactive ketones (excluding diaryl/α,β-unsaturated/α-hetero) is 1. The number of nitrogens with one attached hydrogen (secondary N) is 2. The molecule has 1 aromatic carbocycles. The minimum absolute atomic E-state index is 0.102. The molecule has 0 radical (unpaired) electrons. The number of allylic oxidation sites excluding steroid dienone is 3. The fourth-order valence-electron chi connectivity index (χ4n) is 4.45. The van der Waals surface area contributed by atoms with E-state index in [2.05, 4.69) is 29.5 Å². The first-order valence-corrected chi connectivity index (χ1v) is 10.3. The molecule has 2 heterocycles. The summed E-state index contributed by atoms with van der Waals surface area (Å²) >= 11 is 0. The first-order valence-electron chi connectivity index (χ1n) is 10.3. The number of rotatable bonds is 3. The largest absolute Gasteiger partial charge is 0.362 e. The minimum Gasteiger partial charge on any atom is -0.362 e. The Bertz CT molecular complexity index is 1060. The third kappa shape index (κ3) is 3.80. The Morgan fingerprint density at radius 3 is 2.50 bits per heavy atom. The van der Waals surface area contributed by atoms with E-state index in [1.54, 1.807) is 18.3 Å². The summed E-state index contributed by atoms with van der Waals surface area (Å²) in [4.78, 5) is 30.8. The molecule has 1 aliphatic heterocycles. The molecule has 4 rings (SSSR count). The van der Waals surface area contributed by atoms with Crippen molar-refractivity contribution in [1.29, 1.82) is 0 Å². The van der Waals surface area contributed by atoms with Crippen LogP contribution in [0.5, 0.6) is 0 Å². The zero-order valence-electron chi connectivity index (χ0n) is 17.9. The van der Waals surface area contributed by atoms with Gasteiger partial charge in [0.15, 0.2) is 5.78 Å². The monoisotopic (exact) mass is 401 g/mol. The zero-order chi connectivity index (χ0) is 21.5. The van der Waals surface area contributed by atoms with E-state index in [1.807, 2.05) is 44.2 Å². The number of aromatic nitrogens is 1. The summed E-state index contributed by atoms with van der Waals surface area (Å²) in [5.74, 6) is -0.0427. The maximum absolute atomic E-state index is 13.4. The second-order valence-electron chi connectivity index (χ2n) is 9.01. The summed E-state index contributed by atoms with van der Waals surface area (Å²) < 4.78 is 0. The molecular weight excluding hydrogens is 374 g/mol. The number of aryl methyl sites for hydroxylation is 1. The Labute approximate surface area is 177 Å². The van der Waals surface area contributed by atoms with Crippen LogP contribution in [0, 0.1) is 12.3 Å². The third-order valence-electron chi connectivity index (χ3n) is 5.80. The van der Waals surface area contributed by atoms with Gasteiger partial charge in [-0.2, -0.15) is 0 Å². The van der Waals surface area contributed by atoms with Gasteiger partial charge in [0, 0.05) is 41.1 Å². The molecule has 0 saturated heterocycles. The molecule has 0 fully saturated rings. The van der Waals surface area contributed by atoms with Crippen molar-refractivity contribution >= 4 is 17.5 Å². The first kappa shape index (κ1) is 20.1. The van der Waals surface area contributed by atoms with Crippen LogP contribution < -0.4 is 10.6 Å². The Morgan fingerprint density at radius 2 is 1.83 bits per heavy atom. The lowest BCUT2D eigenvalue weighted by Gasteiger charge is -2.39. The van der Waals surface area contributed by atoms with E-state index in [0.717, 1.165) is 34.5 Å². The van der Waals surface area contributed by atoms with Crippen LogP contribution >= 0.6 is 0 Å². The summed E-state index contributed by atoms with van der Waals surface area (Å²) in [6, 6.07) is 13.5. The fraction of sp³-hybridized carbons (Fsp3) is 0.320. The van der Waals surface area contributed by atoms with Crippen molar-refractivity contribution in [2.75, 3.05) is 5.32 Å². The van der Waals surface area contributed by atoms with Gasteiger partial charge < -0.3 is 10.6 Å². The van der Waals surface area contributed by atoms with Gasteiger partial charge in [-0.15, -0.1) is 0 Å². The molecule has 1 amide bonds. The molecule has 0 spiro atoms. The highest BCUT2D eigenvalue weighted by molar-refractivity contribution is 6.09. The lowest BCUT2D eigenvalue weighted by Crippen LogP contribution is -2.39. The lowest BCUT2D eigenvalue weighted by atomic mass is 9.68. The molecule has 2 aromatic rings. The van der Waals surface area contributed by atoms with E-state index in [4.69, 9.17) is 0 Å². The van der Waals surface area contributed by atoms with Crippen LogP contribution in [0.1, 0.15) is 50.7 Å². The number of hydrogen-bond donors (Lipinski definition) is 2. The summed E-state index contributed by atoms with van der Waals surface area (Å²) in [6.07, 6.45) is 2.90. The molecule has 1 aliphatic carbocycles. The van der Waals surface area contributed by atoms with Crippen LogP contribution in [-0.2, 0) is 9.59 Å². The van der Waals surface area contributed by atoms with Crippen molar-refractivity contribution in [2.45, 2.75) is 46.5 Å². The summed E-state index contributed by atoms with van der Waals surface area (Å²) in [5, 5.41) is 6.29. The number of nitrogens with zero attached hydrogens (tertiary/aromatic N) is 1. The molecule has 5 heteroatoms. The van der Waals surface area contributed by atoms with E-state index in [0.29, 0.717) is 17.8 Å². The van der Waals surface area contributed by atoms with Gasteiger partial charge in [0.2, 0.25) is 0 Å². The molecular formula is C25H27N3O2. The smallest absolute Gasteiger partial charge is 0.255 e. The Hall–Kier alpha value is -3.21. The predicted molar refractivity (Wildman–Crippen MR) is 118 cm³/mol. The average Bonchev–Trinajstić information content (AvgIpc) is 2.67. The summed E-state index contributed by atoms with van der Waals surface area (Å²) in [5.41, 5.74) is 4.99. The molecule has 0 unspecified atom stereocenters. The van der Waals surface area contributed by atoms with E-state index in [-0.39, 0.29) is 17.1 Å². The molecule has 1 aromatic heterocycles. The number of anilines is 1. The normalized spacial score (nSPS) is 20.5. The fourth-order valence-corrected chi connectivity index (χ4v) is 4.45. The highest BCUT2D eigenvalue weighted by atomic mass is 16.2.